The summed E-state index contributed by atoms with van der Waals surface area (Å²) in [4.78, 5) is 8.45. The van der Waals surface area contributed by atoms with Gasteiger partial charge in [-0.2, -0.15) is 0 Å². The molecule has 0 aliphatic carbocycles. The zero-order chi connectivity index (χ0) is 12.9. The van der Waals surface area contributed by atoms with Crippen LogP contribution in [0.4, 0.5) is 0 Å². The fourth-order valence-corrected chi connectivity index (χ4v) is 2.49. The molecular weight excluding hydrogens is 238 g/mol. The molecule has 0 aromatic carbocycles. The zero-order valence-electron chi connectivity index (χ0n) is 10.7. The minimum Gasteiger partial charge on any atom is -0.493 e. The lowest BCUT2D eigenvalue weighted by Crippen LogP contribution is -2.20. The van der Waals surface area contributed by atoms with Crippen molar-refractivity contribution in [2.24, 2.45) is 5.92 Å². The third kappa shape index (κ3) is 2.90. The van der Waals surface area contributed by atoms with Gasteiger partial charge in [0.05, 0.1) is 6.61 Å². The molecule has 0 saturated carbocycles. The summed E-state index contributed by atoms with van der Waals surface area (Å²) in [6, 6.07) is 9.86. The van der Waals surface area contributed by atoms with Crippen LogP contribution in [0, 0.1) is 5.92 Å². The van der Waals surface area contributed by atoms with E-state index in [1.807, 2.05) is 30.5 Å². The Labute approximate surface area is 112 Å². The van der Waals surface area contributed by atoms with E-state index in [4.69, 9.17) is 4.74 Å². The van der Waals surface area contributed by atoms with Crippen LogP contribution in [0.3, 0.4) is 0 Å². The average molecular weight is 255 g/mol. The number of rotatable bonds is 4. The molecule has 0 radical (unpaired) electrons. The molecule has 1 aliphatic heterocycles. The molecule has 1 aliphatic rings. The van der Waals surface area contributed by atoms with Gasteiger partial charge in [0, 0.05) is 49.2 Å². The van der Waals surface area contributed by atoms with E-state index in [2.05, 4.69) is 21.4 Å². The summed E-state index contributed by atoms with van der Waals surface area (Å²) < 4.78 is 5.83. The summed E-state index contributed by atoms with van der Waals surface area (Å²) in [7, 11) is 0. The number of nitrogens with zero attached hydrogens (tertiary/aromatic N) is 2. The van der Waals surface area contributed by atoms with Crippen LogP contribution >= 0.6 is 0 Å². The fraction of sp³-hybridized carbons (Fsp3) is 0.333. The third-order valence-electron chi connectivity index (χ3n) is 3.52. The average Bonchev–Trinajstić information content (AvgIpc) is 2.95. The van der Waals surface area contributed by atoms with Gasteiger partial charge < -0.3 is 10.1 Å². The quantitative estimate of drug-likeness (QED) is 0.906. The lowest BCUT2D eigenvalue weighted by atomic mass is 9.93. The highest BCUT2D eigenvalue weighted by Crippen LogP contribution is 2.27. The molecule has 4 heteroatoms. The van der Waals surface area contributed by atoms with E-state index in [0.29, 0.717) is 18.4 Å². The molecule has 19 heavy (non-hydrogen) atoms. The van der Waals surface area contributed by atoms with Crippen LogP contribution < -0.4 is 10.1 Å². The molecule has 3 heterocycles. The predicted octanol–water partition coefficient (Wildman–Crippen LogP) is 1.86. The predicted molar refractivity (Wildman–Crippen MR) is 73.1 cm³/mol. The van der Waals surface area contributed by atoms with Crippen molar-refractivity contribution in [1.29, 1.82) is 0 Å². The van der Waals surface area contributed by atoms with Crippen molar-refractivity contribution in [2.75, 3.05) is 19.7 Å². The van der Waals surface area contributed by atoms with E-state index < -0.39 is 0 Å². The Kier molecular flexibility index (Phi) is 3.70. The first kappa shape index (κ1) is 12.1. The normalized spacial score (nSPS) is 22.3. The molecule has 98 valence electrons. The zero-order valence-corrected chi connectivity index (χ0v) is 10.7. The molecule has 1 N–H and O–H groups in total. The van der Waals surface area contributed by atoms with Crippen molar-refractivity contribution >= 4 is 0 Å². The van der Waals surface area contributed by atoms with Crippen LogP contribution in [0.15, 0.2) is 48.9 Å². The summed E-state index contributed by atoms with van der Waals surface area (Å²) >= 11 is 0. The molecule has 2 aromatic rings. The number of aromatic nitrogens is 2. The van der Waals surface area contributed by atoms with Gasteiger partial charge in [0.1, 0.15) is 5.75 Å². The Hall–Kier alpha value is -1.94. The Morgan fingerprint density at radius 2 is 2.00 bits per heavy atom. The van der Waals surface area contributed by atoms with Crippen molar-refractivity contribution < 1.29 is 4.74 Å². The minimum atomic E-state index is 0.433. The van der Waals surface area contributed by atoms with Gasteiger partial charge in [-0.05, 0) is 24.3 Å². The molecule has 2 atom stereocenters. The first-order valence-electron chi connectivity index (χ1n) is 6.58. The first-order chi connectivity index (χ1) is 9.43. The lowest BCUT2D eigenvalue weighted by Gasteiger charge is -2.18. The molecule has 0 amide bonds. The summed E-state index contributed by atoms with van der Waals surface area (Å²) in [6.45, 7) is 2.66. The van der Waals surface area contributed by atoms with E-state index in [1.54, 1.807) is 12.4 Å². The second kappa shape index (κ2) is 5.80. The van der Waals surface area contributed by atoms with Crippen LogP contribution in [-0.4, -0.2) is 29.7 Å². The Bertz CT molecular complexity index is 503. The molecule has 3 rings (SSSR count). The van der Waals surface area contributed by atoms with Gasteiger partial charge in [0.15, 0.2) is 0 Å². The smallest absolute Gasteiger partial charge is 0.122 e. The molecule has 0 unspecified atom stereocenters. The monoisotopic (exact) mass is 255 g/mol. The van der Waals surface area contributed by atoms with E-state index in [9.17, 15) is 0 Å². The number of hydrogen-bond acceptors (Lipinski definition) is 4. The molecule has 1 fully saturated rings. The topological polar surface area (TPSA) is 47.0 Å². The van der Waals surface area contributed by atoms with Gasteiger partial charge in [-0.15, -0.1) is 0 Å². The maximum absolute atomic E-state index is 5.83. The highest BCUT2D eigenvalue weighted by Gasteiger charge is 2.29. The summed E-state index contributed by atoms with van der Waals surface area (Å²) in [5.74, 6) is 1.77. The first-order valence-corrected chi connectivity index (χ1v) is 6.58. The lowest BCUT2D eigenvalue weighted by molar-refractivity contribution is 0.247. The third-order valence-corrected chi connectivity index (χ3v) is 3.52. The SMILES string of the molecule is c1ccc([C@@H]2CNC[C@H]2COc2ccncc2)nc1. The van der Waals surface area contributed by atoms with E-state index in [-0.39, 0.29) is 0 Å². The van der Waals surface area contributed by atoms with Gasteiger partial charge >= 0.3 is 0 Å². The second-order valence-electron chi connectivity index (χ2n) is 4.77. The van der Waals surface area contributed by atoms with Gasteiger partial charge in [-0.1, -0.05) is 6.07 Å². The highest BCUT2D eigenvalue weighted by molar-refractivity contribution is 5.18. The van der Waals surface area contributed by atoms with Crippen LogP contribution in [0.1, 0.15) is 11.6 Å². The summed E-state index contributed by atoms with van der Waals surface area (Å²) in [5, 5.41) is 3.42. The largest absolute Gasteiger partial charge is 0.493 e. The van der Waals surface area contributed by atoms with Gasteiger partial charge in [0.2, 0.25) is 0 Å². The van der Waals surface area contributed by atoms with Crippen molar-refractivity contribution in [1.82, 2.24) is 15.3 Å². The standard InChI is InChI=1S/C15H17N3O/c1-2-6-18-15(3-1)14-10-17-9-12(14)11-19-13-4-7-16-8-5-13/h1-8,12,14,17H,9-11H2/t12-,14+/m0/s1. The fourth-order valence-electron chi connectivity index (χ4n) is 2.49. The second-order valence-corrected chi connectivity index (χ2v) is 4.77. The highest BCUT2D eigenvalue weighted by atomic mass is 16.5. The summed E-state index contributed by atoms with van der Waals surface area (Å²) in [5.41, 5.74) is 1.15. The molecular formula is C15H17N3O. The molecule has 4 nitrogen and oxygen atoms in total. The Morgan fingerprint density at radius 3 is 2.79 bits per heavy atom. The van der Waals surface area contributed by atoms with Crippen molar-refractivity contribution in [3.63, 3.8) is 0 Å². The van der Waals surface area contributed by atoms with Crippen molar-refractivity contribution in [3.05, 3.63) is 54.6 Å². The maximum Gasteiger partial charge on any atom is 0.122 e. The summed E-state index contributed by atoms with van der Waals surface area (Å²) in [6.07, 6.45) is 5.35. The molecule has 2 aromatic heterocycles. The van der Waals surface area contributed by atoms with Crippen molar-refractivity contribution in [3.8, 4) is 5.75 Å². The number of pyridine rings is 2. The van der Waals surface area contributed by atoms with Gasteiger partial charge in [-0.3, -0.25) is 9.97 Å². The van der Waals surface area contributed by atoms with Crippen LogP contribution in [0.2, 0.25) is 0 Å². The Balaban J connectivity index is 1.64. The van der Waals surface area contributed by atoms with Gasteiger partial charge in [-0.25, -0.2) is 0 Å². The molecule has 0 spiro atoms. The molecule has 0 bridgehead atoms. The van der Waals surface area contributed by atoms with E-state index in [1.165, 1.54) is 0 Å². The maximum atomic E-state index is 5.83. The molecule has 1 saturated heterocycles. The van der Waals surface area contributed by atoms with Crippen LogP contribution in [-0.2, 0) is 0 Å². The van der Waals surface area contributed by atoms with Gasteiger partial charge in [0.25, 0.3) is 0 Å². The number of ether oxygens (including phenoxy) is 1. The number of hydrogen-bond donors (Lipinski definition) is 1. The Morgan fingerprint density at radius 1 is 1.11 bits per heavy atom. The van der Waals surface area contributed by atoms with E-state index >= 15 is 0 Å². The number of nitrogens with one attached hydrogen (secondary N) is 1. The van der Waals surface area contributed by atoms with Crippen LogP contribution in [0.5, 0.6) is 5.75 Å². The van der Waals surface area contributed by atoms with E-state index in [0.717, 1.165) is 24.5 Å². The van der Waals surface area contributed by atoms with Crippen molar-refractivity contribution in [2.45, 2.75) is 5.92 Å². The van der Waals surface area contributed by atoms with Crippen LogP contribution in [0.25, 0.3) is 0 Å². The minimum absolute atomic E-state index is 0.433.